The van der Waals surface area contributed by atoms with Gasteiger partial charge in [0.1, 0.15) is 30.4 Å². The number of carbonyl (C=O) groups is 1. The van der Waals surface area contributed by atoms with Gasteiger partial charge in [0.25, 0.3) is 0 Å². The maximum absolute atomic E-state index is 12.7. The first-order chi connectivity index (χ1) is 15.6. The van der Waals surface area contributed by atoms with E-state index in [0.717, 1.165) is 22.7 Å². The molecule has 0 spiro atoms. The number of nitrogens with zero attached hydrogens (tertiary/aromatic N) is 3. The Balaban J connectivity index is 1.68. The van der Waals surface area contributed by atoms with Crippen LogP contribution in [0.15, 0.2) is 36.4 Å². The second kappa shape index (κ2) is 9.86. The number of imidazole rings is 1. The van der Waals surface area contributed by atoms with Crippen molar-refractivity contribution in [2.75, 3.05) is 58.6 Å². The van der Waals surface area contributed by atoms with Crippen LogP contribution in [-0.4, -0.2) is 73.4 Å². The smallest absolute Gasteiger partial charge is 0.242 e. The molecule has 3 heterocycles. The Morgan fingerprint density at radius 2 is 2.03 bits per heavy atom. The molecule has 0 saturated carbocycles. The summed E-state index contributed by atoms with van der Waals surface area (Å²) < 4.78 is 30.7. The van der Waals surface area contributed by atoms with E-state index < -0.39 is 6.67 Å². The van der Waals surface area contributed by atoms with Gasteiger partial charge < -0.3 is 24.4 Å². The topological polar surface area (TPSA) is 77.3 Å². The van der Waals surface area contributed by atoms with E-state index in [1.54, 1.807) is 17.0 Å². The fourth-order valence-electron chi connectivity index (χ4n) is 3.79. The van der Waals surface area contributed by atoms with Crippen LogP contribution < -0.4 is 14.8 Å². The molecule has 1 aromatic carbocycles. The number of anilines is 1. The SMILES string of the molecule is COc1cc(-c2nc3cccc(C)n3c2NCC(=O)N2CCOCC2)ccc1OCCF. The largest absolute Gasteiger partial charge is 0.493 e. The van der Waals surface area contributed by atoms with Crippen molar-refractivity contribution in [1.29, 1.82) is 0 Å². The van der Waals surface area contributed by atoms with Gasteiger partial charge in [-0.05, 0) is 37.3 Å². The van der Waals surface area contributed by atoms with E-state index in [9.17, 15) is 9.18 Å². The van der Waals surface area contributed by atoms with Crippen LogP contribution in [-0.2, 0) is 9.53 Å². The second-order valence-corrected chi connectivity index (χ2v) is 7.42. The first-order valence-corrected chi connectivity index (χ1v) is 10.6. The molecule has 0 unspecified atom stereocenters. The van der Waals surface area contributed by atoms with Gasteiger partial charge in [0.2, 0.25) is 5.91 Å². The zero-order valence-electron chi connectivity index (χ0n) is 18.3. The van der Waals surface area contributed by atoms with Crippen molar-refractivity contribution in [3.05, 3.63) is 42.1 Å². The highest BCUT2D eigenvalue weighted by Crippen LogP contribution is 2.36. The lowest BCUT2D eigenvalue weighted by atomic mass is 10.1. The summed E-state index contributed by atoms with van der Waals surface area (Å²) in [6.45, 7) is 3.81. The summed E-state index contributed by atoms with van der Waals surface area (Å²) in [6, 6.07) is 11.2. The molecule has 8 nitrogen and oxygen atoms in total. The lowest BCUT2D eigenvalue weighted by Gasteiger charge is -2.27. The van der Waals surface area contributed by atoms with E-state index in [0.29, 0.717) is 43.5 Å². The summed E-state index contributed by atoms with van der Waals surface area (Å²) >= 11 is 0. The van der Waals surface area contributed by atoms with Gasteiger partial charge in [0.05, 0.1) is 26.9 Å². The Kier molecular flexibility index (Phi) is 6.75. The third-order valence-corrected chi connectivity index (χ3v) is 5.38. The lowest BCUT2D eigenvalue weighted by Crippen LogP contribution is -2.43. The molecular formula is C23H27FN4O4. The van der Waals surface area contributed by atoms with Crippen LogP contribution in [0.4, 0.5) is 10.2 Å². The molecule has 1 aliphatic rings. The molecule has 3 aromatic rings. The maximum Gasteiger partial charge on any atom is 0.242 e. The monoisotopic (exact) mass is 442 g/mol. The summed E-state index contributed by atoms with van der Waals surface area (Å²) in [7, 11) is 1.54. The average Bonchev–Trinajstić information content (AvgIpc) is 3.21. The van der Waals surface area contributed by atoms with Crippen molar-refractivity contribution in [3.8, 4) is 22.8 Å². The van der Waals surface area contributed by atoms with Gasteiger partial charge in [0.15, 0.2) is 11.5 Å². The van der Waals surface area contributed by atoms with Crippen molar-refractivity contribution in [3.63, 3.8) is 0 Å². The molecule has 0 bridgehead atoms. The number of pyridine rings is 1. The van der Waals surface area contributed by atoms with Crippen molar-refractivity contribution in [2.45, 2.75) is 6.92 Å². The Bertz CT molecular complexity index is 1100. The minimum Gasteiger partial charge on any atom is -0.493 e. The van der Waals surface area contributed by atoms with Crippen LogP contribution in [0.1, 0.15) is 5.69 Å². The van der Waals surface area contributed by atoms with Gasteiger partial charge in [0, 0.05) is 24.3 Å². The first kappa shape index (κ1) is 21.9. The highest BCUT2D eigenvalue weighted by molar-refractivity contribution is 5.84. The molecule has 0 aliphatic carbocycles. The highest BCUT2D eigenvalue weighted by atomic mass is 19.1. The van der Waals surface area contributed by atoms with E-state index in [4.69, 9.17) is 19.2 Å². The number of hydrogen-bond donors (Lipinski definition) is 1. The number of amides is 1. The number of aryl methyl sites for hydroxylation is 1. The van der Waals surface area contributed by atoms with Gasteiger partial charge in [-0.15, -0.1) is 0 Å². The number of ether oxygens (including phenoxy) is 3. The molecule has 1 saturated heterocycles. The van der Waals surface area contributed by atoms with Crippen LogP contribution in [0.2, 0.25) is 0 Å². The van der Waals surface area contributed by atoms with Crippen molar-refractivity contribution in [1.82, 2.24) is 14.3 Å². The molecule has 4 rings (SSSR count). The molecular weight excluding hydrogens is 415 g/mol. The summed E-state index contributed by atoms with van der Waals surface area (Å²) in [4.78, 5) is 19.3. The van der Waals surface area contributed by atoms with Crippen molar-refractivity contribution < 1.29 is 23.4 Å². The Morgan fingerprint density at radius 1 is 1.22 bits per heavy atom. The third-order valence-electron chi connectivity index (χ3n) is 5.38. The molecule has 0 atom stereocenters. The predicted molar refractivity (Wildman–Crippen MR) is 119 cm³/mol. The van der Waals surface area contributed by atoms with E-state index >= 15 is 0 Å². The fraction of sp³-hybridized carbons (Fsp3) is 0.391. The molecule has 1 N–H and O–H groups in total. The quantitative estimate of drug-likeness (QED) is 0.578. The number of alkyl halides is 1. The molecule has 9 heteroatoms. The Morgan fingerprint density at radius 3 is 2.78 bits per heavy atom. The summed E-state index contributed by atoms with van der Waals surface area (Å²) in [5.41, 5.74) is 3.22. The van der Waals surface area contributed by atoms with E-state index in [1.165, 1.54) is 7.11 Å². The number of hydrogen-bond acceptors (Lipinski definition) is 6. The molecule has 1 amide bonds. The standard InChI is InChI=1S/C23H27FN4O4/c1-16-4-3-5-20-26-22(17-6-7-18(32-11-8-24)19(14-17)30-2)23(28(16)20)25-15-21(29)27-9-12-31-13-10-27/h3-7,14,25H,8-13,15H2,1-2H3. The third kappa shape index (κ3) is 4.47. The number of nitrogens with one attached hydrogen (secondary N) is 1. The van der Waals surface area contributed by atoms with Crippen LogP contribution in [0.5, 0.6) is 11.5 Å². The lowest BCUT2D eigenvalue weighted by molar-refractivity contribution is -0.133. The van der Waals surface area contributed by atoms with Gasteiger partial charge in [-0.2, -0.15) is 0 Å². The number of fused-ring (bicyclic) bond motifs is 1. The zero-order valence-corrected chi connectivity index (χ0v) is 18.3. The maximum atomic E-state index is 12.7. The number of halogens is 1. The van der Waals surface area contributed by atoms with E-state index in [-0.39, 0.29) is 19.1 Å². The number of rotatable bonds is 8. The number of methoxy groups -OCH3 is 1. The minimum absolute atomic E-state index is 0.00957. The molecule has 2 aromatic heterocycles. The number of morpholine rings is 1. The zero-order chi connectivity index (χ0) is 22.5. The van der Waals surface area contributed by atoms with Crippen molar-refractivity contribution in [2.24, 2.45) is 0 Å². The minimum atomic E-state index is -0.581. The first-order valence-electron chi connectivity index (χ1n) is 10.6. The highest BCUT2D eigenvalue weighted by Gasteiger charge is 2.21. The molecule has 170 valence electrons. The fourth-order valence-corrected chi connectivity index (χ4v) is 3.79. The second-order valence-electron chi connectivity index (χ2n) is 7.42. The van der Waals surface area contributed by atoms with Gasteiger partial charge >= 0.3 is 0 Å². The number of carbonyl (C=O) groups excluding carboxylic acids is 1. The Labute approximate surface area is 185 Å². The molecule has 1 fully saturated rings. The Hall–Kier alpha value is -3.33. The van der Waals surface area contributed by atoms with E-state index in [1.807, 2.05) is 35.6 Å². The average molecular weight is 442 g/mol. The summed E-state index contributed by atoms with van der Waals surface area (Å²) in [6.07, 6.45) is 0. The van der Waals surface area contributed by atoms with Gasteiger partial charge in [-0.1, -0.05) is 6.07 Å². The molecule has 32 heavy (non-hydrogen) atoms. The normalized spacial score (nSPS) is 13.9. The number of benzene rings is 1. The van der Waals surface area contributed by atoms with Crippen LogP contribution in [0, 0.1) is 6.92 Å². The summed E-state index contributed by atoms with van der Waals surface area (Å²) in [5, 5.41) is 3.31. The van der Waals surface area contributed by atoms with Crippen LogP contribution in [0.25, 0.3) is 16.9 Å². The molecule has 1 aliphatic heterocycles. The van der Waals surface area contributed by atoms with Crippen molar-refractivity contribution >= 4 is 17.4 Å². The molecule has 0 radical (unpaired) electrons. The predicted octanol–water partition coefficient (Wildman–Crippen LogP) is 2.94. The van der Waals surface area contributed by atoms with Crippen LogP contribution in [0.3, 0.4) is 0 Å². The van der Waals surface area contributed by atoms with Gasteiger partial charge in [-0.25, -0.2) is 9.37 Å². The number of aromatic nitrogens is 2. The van der Waals surface area contributed by atoms with E-state index in [2.05, 4.69) is 5.32 Å². The van der Waals surface area contributed by atoms with Gasteiger partial charge in [-0.3, -0.25) is 9.20 Å². The van der Waals surface area contributed by atoms with Crippen LogP contribution >= 0.6 is 0 Å². The summed E-state index contributed by atoms with van der Waals surface area (Å²) in [5.74, 6) is 1.68.